The van der Waals surface area contributed by atoms with Crippen molar-refractivity contribution in [3.63, 3.8) is 0 Å². The van der Waals surface area contributed by atoms with E-state index in [0.717, 1.165) is 25.0 Å². The second kappa shape index (κ2) is 6.10. The van der Waals surface area contributed by atoms with Gasteiger partial charge in [0.1, 0.15) is 5.76 Å². The molecular formula is C16H26N2O. The number of nitrogens with one attached hydrogen (secondary N) is 1. The van der Waals surface area contributed by atoms with Crippen LogP contribution in [0.3, 0.4) is 0 Å². The molecule has 0 bridgehead atoms. The topological polar surface area (TPSA) is 28.4 Å². The minimum atomic E-state index is 0.767. The van der Waals surface area contributed by atoms with Gasteiger partial charge in [0.05, 0.1) is 12.8 Å². The summed E-state index contributed by atoms with van der Waals surface area (Å²) in [5.74, 6) is 2.12. The molecule has 106 valence electrons. The van der Waals surface area contributed by atoms with Gasteiger partial charge in [0.25, 0.3) is 0 Å². The third-order valence-electron chi connectivity index (χ3n) is 4.65. The average molecular weight is 262 g/mol. The van der Waals surface area contributed by atoms with E-state index in [1.165, 1.54) is 56.5 Å². The molecule has 19 heavy (non-hydrogen) atoms. The van der Waals surface area contributed by atoms with Crippen molar-refractivity contribution in [1.82, 2.24) is 10.2 Å². The van der Waals surface area contributed by atoms with Crippen LogP contribution in [0.25, 0.3) is 0 Å². The molecule has 1 aromatic rings. The minimum Gasteiger partial charge on any atom is -0.468 e. The quantitative estimate of drug-likeness (QED) is 0.853. The number of rotatable bonds is 6. The fourth-order valence-electron chi connectivity index (χ4n) is 2.96. The smallest absolute Gasteiger partial charge is 0.122 e. The fraction of sp³-hybridized carbons (Fsp3) is 0.750. The monoisotopic (exact) mass is 262 g/mol. The zero-order valence-electron chi connectivity index (χ0n) is 12.0. The highest BCUT2D eigenvalue weighted by atomic mass is 16.3. The number of furan rings is 1. The molecule has 1 saturated heterocycles. The molecule has 1 aromatic heterocycles. The van der Waals surface area contributed by atoms with Crippen molar-refractivity contribution in [3.8, 4) is 0 Å². The molecular weight excluding hydrogens is 236 g/mol. The number of hydrogen-bond acceptors (Lipinski definition) is 3. The number of hydrogen-bond donors (Lipinski definition) is 1. The van der Waals surface area contributed by atoms with Crippen LogP contribution in [0, 0.1) is 5.92 Å². The molecule has 1 saturated carbocycles. The Morgan fingerprint density at radius 1 is 1.26 bits per heavy atom. The van der Waals surface area contributed by atoms with E-state index in [0.29, 0.717) is 0 Å². The van der Waals surface area contributed by atoms with Crippen molar-refractivity contribution >= 4 is 0 Å². The van der Waals surface area contributed by atoms with Gasteiger partial charge in [-0.3, -0.25) is 4.90 Å². The number of nitrogens with zero attached hydrogens (tertiary/aromatic N) is 1. The van der Waals surface area contributed by atoms with Crippen LogP contribution in [-0.2, 0) is 13.1 Å². The summed E-state index contributed by atoms with van der Waals surface area (Å²) < 4.78 is 5.69. The highest BCUT2D eigenvalue weighted by molar-refractivity contribution is 5.17. The lowest BCUT2D eigenvalue weighted by molar-refractivity contribution is 0.164. The summed E-state index contributed by atoms with van der Waals surface area (Å²) >= 11 is 0. The van der Waals surface area contributed by atoms with E-state index in [-0.39, 0.29) is 0 Å². The lowest BCUT2D eigenvalue weighted by Crippen LogP contribution is -2.33. The summed E-state index contributed by atoms with van der Waals surface area (Å²) in [5, 5.41) is 3.57. The van der Waals surface area contributed by atoms with E-state index in [4.69, 9.17) is 4.42 Å². The van der Waals surface area contributed by atoms with Crippen molar-refractivity contribution < 1.29 is 4.42 Å². The van der Waals surface area contributed by atoms with Crippen LogP contribution in [-0.4, -0.2) is 24.0 Å². The molecule has 3 nitrogen and oxygen atoms in total. The maximum absolute atomic E-state index is 5.69. The molecule has 1 N–H and O–H groups in total. The molecule has 0 atom stereocenters. The SMILES string of the molecule is CCC1CCN(Cc2occc2CNC2CC2)CC1. The molecule has 0 radical (unpaired) electrons. The normalized spacial score (nSPS) is 21.9. The average Bonchev–Trinajstić information content (AvgIpc) is 3.18. The highest BCUT2D eigenvalue weighted by Crippen LogP contribution is 2.23. The van der Waals surface area contributed by atoms with Crippen molar-refractivity contribution in [2.45, 2.75) is 58.2 Å². The standard InChI is InChI=1S/C16H26N2O/c1-2-13-5-8-18(9-6-13)12-16-14(7-10-19-16)11-17-15-3-4-15/h7,10,13,15,17H,2-6,8-9,11-12H2,1H3. The molecule has 0 aromatic carbocycles. The largest absolute Gasteiger partial charge is 0.468 e. The second-order valence-electron chi connectivity index (χ2n) is 6.15. The lowest BCUT2D eigenvalue weighted by Gasteiger charge is -2.31. The van der Waals surface area contributed by atoms with E-state index in [1.54, 1.807) is 0 Å². The first kappa shape index (κ1) is 13.2. The van der Waals surface area contributed by atoms with Crippen LogP contribution in [0.2, 0.25) is 0 Å². The van der Waals surface area contributed by atoms with Gasteiger partial charge in [-0.1, -0.05) is 13.3 Å². The predicted molar refractivity (Wildman–Crippen MR) is 76.9 cm³/mol. The van der Waals surface area contributed by atoms with E-state index < -0.39 is 0 Å². The zero-order valence-corrected chi connectivity index (χ0v) is 12.0. The van der Waals surface area contributed by atoms with Crippen molar-refractivity contribution in [3.05, 3.63) is 23.7 Å². The van der Waals surface area contributed by atoms with Crippen LogP contribution < -0.4 is 5.32 Å². The van der Waals surface area contributed by atoms with Gasteiger partial charge in [-0.15, -0.1) is 0 Å². The van der Waals surface area contributed by atoms with Crippen LogP contribution in [0.4, 0.5) is 0 Å². The lowest BCUT2D eigenvalue weighted by atomic mass is 9.94. The summed E-state index contributed by atoms with van der Waals surface area (Å²) in [4.78, 5) is 2.55. The van der Waals surface area contributed by atoms with E-state index in [9.17, 15) is 0 Å². The van der Waals surface area contributed by atoms with Gasteiger partial charge >= 0.3 is 0 Å². The van der Waals surface area contributed by atoms with Crippen LogP contribution in [0.5, 0.6) is 0 Å². The fourth-order valence-corrected chi connectivity index (χ4v) is 2.96. The summed E-state index contributed by atoms with van der Waals surface area (Å²) in [5.41, 5.74) is 1.35. The third kappa shape index (κ3) is 3.61. The third-order valence-corrected chi connectivity index (χ3v) is 4.65. The van der Waals surface area contributed by atoms with Crippen molar-refractivity contribution in [2.75, 3.05) is 13.1 Å². The van der Waals surface area contributed by atoms with Gasteiger partial charge in [0, 0.05) is 18.2 Å². The molecule has 2 aliphatic rings. The summed E-state index contributed by atoms with van der Waals surface area (Å²) in [7, 11) is 0. The molecule has 1 aliphatic heterocycles. The van der Waals surface area contributed by atoms with Gasteiger partial charge in [-0.2, -0.15) is 0 Å². The van der Waals surface area contributed by atoms with E-state index >= 15 is 0 Å². The summed E-state index contributed by atoms with van der Waals surface area (Å²) in [6.07, 6.45) is 8.58. The number of likely N-dealkylation sites (tertiary alicyclic amines) is 1. The van der Waals surface area contributed by atoms with Gasteiger partial charge in [0.2, 0.25) is 0 Å². The Morgan fingerprint density at radius 2 is 2.05 bits per heavy atom. The van der Waals surface area contributed by atoms with Crippen molar-refractivity contribution in [2.24, 2.45) is 5.92 Å². The van der Waals surface area contributed by atoms with Crippen LogP contribution >= 0.6 is 0 Å². The minimum absolute atomic E-state index is 0.767. The summed E-state index contributed by atoms with van der Waals surface area (Å²) in [6.45, 7) is 6.74. The molecule has 2 fully saturated rings. The first-order valence-corrected chi connectivity index (χ1v) is 7.86. The first-order chi connectivity index (χ1) is 9.35. The van der Waals surface area contributed by atoms with E-state index in [1.807, 2.05) is 6.26 Å². The maximum atomic E-state index is 5.69. The van der Waals surface area contributed by atoms with Crippen LogP contribution in [0.1, 0.15) is 50.4 Å². The Labute approximate surface area is 116 Å². The van der Waals surface area contributed by atoms with E-state index in [2.05, 4.69) is 23.2 Å². The number of piperidine rings is 1. The Bertz CT molecular complexity index is 389. The second-order valence-corrected chi connectivity index (χ2v) is 6.15. The first-order valence-electron chi connectivity index (χ1n) is 7.86. The summed E-state index contributed by atoms with van der Waals surface area (Å²) in [6, 6.07) is 2.90. The highest BCUT2D eigenvalue weighted by Gasteiger charge is 2.22. The molecule has 0 unspecified atom stereocenters. The Hall–Kier alpha value is -0.800. The Kier molecular flexibility index (Phi) is 4.24. The van der Waals surface area contributed by atoms with Crippen molar-refractivity contribution in [1.29, 1.82) is 0 Å². The van der Waals surface area contributed by atoms with Gasteiger partial charge in [-0.05, 0) is 50.8 Å². The maximum Gasteiger partial charge on any atom is 0.122 e. The Balaban J connectivity index is 1.50. The Morgan fingerprint density at radius 3 is 2.74 bits per heavy atom. The molecule has 0 spiro atoms. The van der Waals surface area contributed by atoms with Gasteiger partial charge in [-0.25, -0.2) is 0 Å². The predicted octanol–water partition coefficient (Wildman–Crippen LogP) is 3.15. The van der Waals surface area contributed by atoms with Gasteiger partial charge in [0.15, 0.2) is 0 Å². The molecule has 2 heterocycles. The molecule has 3 rings (SSSR count). The zero-order chi connectivity index (χ0) is 13.1. The molecule has 0 amide bonds. The van der Waals surface area contributed by atoms with Gasteiger partial charge < -0.3 is 9.73 Å². The molecule has 1 aliphatic carbocycles. The van der Waals surface area contributed by atoms with Crippen LogP contribution in [0.15, 0.2) is 16.7 Å². The molecule has 3 heteroatoms.